The van der Waals surface area contributed by atoms with E-state index in [4.69, 9.17) is 0 Å². The molecular formula is C33H30BrN3O3S. The summed E-state index contributed by atoms with van der Waals surface area (Å²) in [6.07, 6.45) is 1.63. The Balaban J connectivity index is 1.38. The maximum atomic E-state index is 13.2. The van der Waals surface area contributed by atoms with Crippen LogP contribution in [0.4, 0.5) is 11.4 Å². The SMILES string of the molecule is CC(C)c1ccc(NC(=O)CSc2ccc(NC(=O)/C(=C/c3cccc(Br)c3)NC(=O)c3ccccc3)cc2)cc1. The second kappa shape index (κ2) is 14.5. The molecule has 0 spiro atoms. The number of benzene rings is 4. The molecule has 4 rings (SSSR count). The largest absolute Gasteiger partial charge is 0.325 e. The monoisotopic (exact) mass is 627 g/mol. The fourth-order valence-corrected chi connectivity index (χ4v) is 4.95. The van der Waals surface area contributed by atoms with E-state index in [0.717, 1.165) is 20.6 Å². The summed E-state index contributed by atoms with van der Waals surface area (Å²) in [7, 11) is 0. The van der Waals surface area contributed by atoms with E-state index in [2.05, 4.69) is 45.7 Å². The Labute approximate surface area is 252 Å². The molecule has 0 saturated carbocycles. The number of hydrogen-bond acceptors (Lipinski definition) is 4. The van der Waals surface area contributed by atoms with E-state index in [-0.39, 0.29) is 23.3 Å². The van der Waals surface area contributed by atoms with Crippen LogP contribution in [0.2, 0.25) is 0 Å². The number of anilines is 2. The second-order valence-electron chi connectivity index (χ2n) is 9.53. The molecule has 0 aliphatic carbocycles. The quantitative estimate of drug-likeness (QED) is 0.124. The van der Waals surface area contributed by atoms with Gasteiger partial charge in [0.2, 0.25) is 5.91 Å². The van der Waals surface area contributed by atoms with Crippen molar-refractivity contribution < 1.29 is 14.4 Å². The number of halogens is 1. The standard InChI is InChI=1S/C33H30BrN3O3S/c1-22(2)24-11-13-27(14-12-24)35-31(38)21-41-29-17-15-28(16-18-29)36-33(40)30(20-23-7-6-10-26(34)19-23)37-32(39)25-8-4-3-5-9-25/h3-20,22H,21H2,1-2H3,(H,35,38)(H,36,40)(H,37,39)/b30-20-. The predicted octanol–water partition coefficient (Wildman–Crippen LogP) is 7.71. The zero-order valence-electron chi connectivity index (χ0n) is 22.7. The number of amides is 3. The summed E-state index contributed by atoms with van der Waals surface area (Å²) in [5.74, 6) is -0.255. The van der Waals surface area contributed by atoms with Gasteiger partial charge in [-0.3, -0.25) is 14.4 Å². The minimum Gasteiger partial charge on any atom is -0.325 e. The summed E-state index contributed by atoms with van der Waals surface area (Å²) >= 11 is 4.84. The Kier molecular flexibility index (Phi) is 10.5. The minimum atomic E-state index is -0.461. The van der Waals surface area contributed by atoms with Gasteiger partial charge in [-0.1, -0.05) is 72.2 Å². The van der Waals surface area contributed by atoms with Gasteiger partial charge in [-0.15, -0.1) is 11.8 Å². The summed E-state index contributed by atoms with van der Waals surface area (Å²) in [5.41, 5.74) is 3.84. The molecule has 4 aromatic rings. The highest BCUT2D eigenvalue weighted by molar-refractivity contribution is 9.10. The van der Waals surface area contributed by atoms with Crippen LogP contribution in [-0.2, 0) is 9.59 Å². The number of rotatable bonds is 10. The van der Waals surface area contributed by atoms with Crippen LogP contribution in [0.1, 0.15) is 41.3 Å². The fraction of sp³-hybridized carbons (Fsp3) is 0.121. The van der Waals surface area contributed by atoms with E-state index in [9.17, 15) is 14.4 Å². The molecule has 208 valence electrons. The van der Waals surface area contributed by atoms with Crippen LogP contribution in [0.5, 0.6) is 0 Å². The third-order valence-corrected chi connectivity index (χ3v) is 7.54. The van der Waals surface area contributed by atoms with Crippen LogP contribution in [0, 0.1) is 0 Å². The molecule has 41 heavy (non-hydrogen) atoms. The number of thioether (sulfide) groups is 1. The van der Waals surface area contributed by atoms with E-state index in [0.29, 0.717) is 17.2 Å². The molecule has 0 aromatic heterocycles. The number of hydrogen-bond donors (Lipinski definition) is 3. The molecule has 0 aliphatic heterocycles. The smallest absolute Gasteiger partial charge is 0.272 e. The first-order valence-electron chi connectivity index (χ1n) is 13.0. The van der Waals surface area contributed by atoms with Crippen LogP contribution < -0.4 is 16.0 Å². The van der Waals surface area contributed by atoms with Gasteiger partial charge < -0.3 is 16.0 Å². The molecular weight excluding hydrogens is 598 g/mol. The van der Waals surface area contributed by atoms with E-state index < -0.39 is 5.91 Å². The minimum absolute atomic E-state index is 0.0961. The molecule has 0 unspecified atom stereocenters. The van der Waals surface area contributed by atoms with Crippen LogP contribution in [0.25, 0.3) is 6.08 Å². The normalized spacial score (nSPS) is 11.2. The lowest BCUT2D eigenvalue weighted by Gasteiger charge is -2.12. The summed E-state index contributed by atoms with van der Waals surface area (Å²) in [5, 5.41) is 8.51. The zero-order chi connectivity index (χ0) is 29.2. The summed E-state index contributed by atoms with van der Waals surface area (Å²) in [6.45, 7) is 4.26. The topological polar surface area (TPSA) is 87.3 Å². The highest BCUT2D eigenvalue weighted by Crippen LogP contribution is 2.22. The van der Waals surface area contributed by atoms with E-state index in [1.165, 1.54) is 17.3 Å². The zero-order valence-corrected chi connectivity index (χ0v) is 25.1. The summed E-state index contributed by atoms with van der Waals surface area (Å²) < 4.78 is 0.853. The van der Waals surface area contributed by atoms with Crippen molar-refractivity contribution >= 4 is 62.9 Å². The molecule has 0 bridgehead atoms. The van der Waals surface area contributed by atoms with Crippen molar-refractivity contribution in [3.05, 3.63) is 130 Å². The van der Waals surface area contributed by atoms with Crippen LogP contribution in [0.15, 0.2) is 118 Å². The Morgan fingerprint density at radius 2 is 1.46 bits per heavy atom. The average Bonchev–Trinajstić information content (AvgIpc) is 2.97. The second-order valence-corrected chi connectivity index (χ2v) is 11.5. The molecule has 4 aromatic carbocycles. The van der Waals surface area contributed by atoms with Crippen molar-refractivity contribution in [3.63, 3.8) is 0 Å². The first kappa shape index (κ1) is 29.8. The molecule has 0 heterocycles. The Hall–Kier alpha value is -4.14. The molecule has 0 fully saturated rings. The van der Waals surface area contributed by atoms with Crippen molar-refractivity contribution in [1.82, 2.24) is 5.32 Å². The van der Waals surface area contributed by atoms with Crippen molar-refractivity contribution in [2.45, 2.75) is 24.7 Å². The molecule has 3 N–H and O–H groups in total. The molecule has 0 atom stereocenters. The van der Waals surface area contributed by atoms with Gasteiger partial charge in [0.15, 0.2) is 0 Å². The van der Waals surface area contributed by atoms with Crippen molar-refractivity contribution in [2.24, 2.45) is 0 Å². The van der Waals surface area contributed by atoms with Gasteiger partial charge in [0.05, 0.1) is 5.75 Å². The van der Waals surface area contributed by atoms with Crippen LogP contribution in [0.3, 0.4) is 0 Å². The highest BCUT2D eigenvalue weighted by Gasteiger charge is 2.15. The number of carbonyl (C=O) groups excluding carboxylic acids is 3. The molecule has 0 aliphatic rings. The molecule has 0 radical (unpaired) electrons. The molecule has 3 amide bonds. The van der Waals surface area contributed by atoms with Crippen molar-refractivity contribution in [3.8, 4) is 0 Å². The third-order valence-electron chi connectivity index (χ3n) is 6.03. The van der Waals surface area contributed by atoms with Gasteiger partial charge in [-0.25, -0.2) is 0 Å². The number of nitrogens with one attached hydrogen (secondary N) is 3. The first-order chi connectivity index (χ1) is 19.8. The maximum absolute atomic E-state index is 13.2. The van der Waals surface area contributed by atoms with E-state index in [1.807, 2.05) is 66.7 Å². The third kappa shape index (κ3) is 9.20. The van der Waals surface area contributed by atoms with Gasteiger partial charge >= 0.3 is 0 Å². The average molecular weight is 629 g/mol. The van der Waals surface area contributed by atoms with Gasteiger partial charge in [-0.2, -0.15) is 0 Å². The molecule has 8 heteroatoms. The van der Waals surface area contributed by atoms with Gasteiger partial charge in [0, 0.05) is 26.3 Å². The Morgan fingerprint density at radius 1 is 0.805 bits per heavy atom. The van der Waals surface area contributed by atoms with Crippen molar-refractivity contribution in [2.75, 3.05) is 16.4 Å². The summed E-state index contributed by atoms with van der Waals surface area (Å²) in [6, 6.07) is 31.2. The van der Waals surface area contributed by atoms with Gasteiger partial charge in [0.1, 0.15) is 5.70 Å². The van der Waals surface area contributed by atoms with Crippen LogP contribution >= 0.6 is 27.7 Å². The van der Waals surface area contributed by atoms with Crippen LogP contribution in [-0.4, -0.2) is 23.5 Å². The fourth-order valence-electron chi connectivity index (χ4n) is 3.84. The lowest BCUT2D eigenvalue weighted by molar-refractivity contribution is -0.114. The lowest BCUT2D eigenvalue weighted by atomic mass is 10.0. The number of carbonyl (C=O) groups is 3. The van der Waals surface area contributed by atoms with E-state index in [1.54, 1.807) is 42.5 Å². The summed E-state index contributed by atoms with van der Waals surface area (Å²) in [4.78, 5) is 39.4. The van der Waals surface area contributed by atoms with Crippen molar-refractivity contribution in [1.29, 1.82) is 0 Å². The van der Waals surface area contributed by atoms with E-state index >= 15 is 0 Å². The Bertz CT molecular complexity index is 1540. The first-order valence-corrected chi connectivity index (χ1v) is 14.8. The molecule has 6 nitrogen and oxygen atoms in total. The highest BCUT2D eigenvalue weighted by atomic mass is 79.9. The predicted molar refractivity (Wildman–Crippen MR) is 171 cm³/mol. The Morgan fingerprint density at radius 3 is 2.12 bits per heavy atom. The van der Waals surface area contributed by atoms with Gasteiger partial charge in [0.25, 0.3) is 11.8 Å². The molecule has 0 saturated heterocycles. The maximum Gasteiger partial charge on any atom is 0.272 e. The van der Waals surface area contributed by atoms with Gasteiger partial charge in [-0.05, 0) is 83.8 Å². The lowest BCUT2D eigenvalue weighted by Crippen LogP contribution is -2.30.